The van der Waals surface area contributed by atoms with Gasteiger partial charge in [0.15, 0.2) is 0 Å². The van der Waals surface area contributed by atoms with Crippen molar-refractivity contribution in [3.63, 3.8) is 0 Å². The Morgan fingerprint density at radius 3 is 2.62 bits per heavy atom. The number of hydrogen-bond acceptors (Lipinski definition) is 3. The van der Waals surface area contributed by atoms with Gasteiger partial charge in [-0.25, -0.2) is 0 Å². The number of halogens is 2. The van der Waals surface area contributed by atoms with E-state index in [-0.39, 0.29) is 10.6 Å². The van der Waals surface area contributed by atoms with Crippen molar-refractivity contribution in [1.82, 2.24) is 0 Å². The zero-order valence-corrected chi connectivity index (χ0v) is 14.0. The molecule has 1 N–H and O–H groups in total. The Labute approximate surface area is 136 Å². The number of nitro groups is 1. The third-order valence-electron chi connectivity index (χ3n) is 3.22. The Morgan fingerprint density at radius 1 is 1.24 bits per heavy atom. The van der Waals surface area contributed by atoms with Gasteiger partial charge in [-0.1, -0.05) is 27.5 Å². The Bertz CT molecular complexity index is 704. The molecule has 0 atom stereocenters. The van der Waals surface area contributed by atoms with E-state index in [0.717, 1.165) is 21.3 Å². The fraction of sp³-hybridized carbons (Fsp3) is 0.200. The molecule has 6 heteroatoms. The Morgan fingerprint density at radius 2 is 1.95 bits per heavy atom. The van der Waals surface area contributed by atoms with E-state index in [0.29, 0.717) is 17.1 Å². The van der Waals surface area contributed by atoms with E-state index in [2.05, 4.69) is 21.2 Å². The second-order valence-electron chi connectivity index (χ2n) is 4.80. The lowest BCUT2D eigenvalue weighted by Crippen LogP contribution is -2.03. The molecular weight excluding hydrogens is 356 g/mol. The van der Waals surface area contributed by atoms with E-state index in [1.54, 1.807) is 19.1 Å². The largest absolute Gasteiger partial charge is 0.381 e. The van der Waals surface area contributed by atoms with Crippen LogP contribution in [-0.4, -0.2) is 4.92 Å². The highest BCUT2D eigenvalue weighted by Crippen LogP contribution is 2.28. The van der Waals surface area contributed by atoms with Gasteiger partial charge in [-0.2, -0.15) is 0 Å². The average Bonchev–Trinajstić information content (AvgIpc) is 2.41. The smallest absolute Gasteiger partial charge is 0.274 e. The van der Waals surface area contributed by atoms with Gasteiger partial charge in [-0.05, 0) is 49.2 Å². The lowest BCUT2D eigenvalue weighted by Gasteiger charge is -2.12. The Balaban J connectivity index is 2.25. The first-order chi connectivity index (χ1) is 9.88. The molecule has 21 heavy (non-hydrogen) atoms. The van der Waals surface area contributed by atoms with Gasteiger partial charge in [-0.15, -0.1) is 0 Å². The van der Waals surface area contributed by atoms with Crippen LogP contribution in [0.2, 0.25) is 5.02 Å². The van der Waals surface area contributed by atoms with E-state index in [1.165, 1.54) is 0 Å². The van der Waals surface area contributed by atoms with E-state index in [9.17, 15) is 10.1 Å². The first-order valence-corrected chi connectivity index (χ1v) is 7.49. The molecule has 0 bridgehead atoms. The minimum atomic E-state index is -0.366. The first-order valence-electron chi connectivity index (χ1n) is 6.32. The molecule has 0 aliphatic heterocycles. The summed E-state index contributed by atoms with van der Waals surface area (Å²) in [4.78, 5) is 10.6. The zero-order valence-electron chi connectivity index (χ0n) is 11.6. The van der Waals surface area contributed by atoms with Gasteiger partial charge in [0.2, 0.25) is 0 Å². The zero-order chi connectivity index (χ0) is 15.6. The number of aryl methyl sites for hydroxylation is 2. The minimum absolute atomic E-state index is 0.119. The van der Waals surface area contributed by atoms with Crippen LogP contribution in [-0.2, 0) is 6.54 Å². The van der Waals surface area contributed by atoms with Crippen LogP contribution in [0.5, 0.6) is 0 Å². The molecular formula is C15H14BrClN2O2. The average molecular weight is 370 g/mol. The first kappa shape index (κ1) is 15.8. The molecule has 0 unspecified atom stereocenters. The molecule has 0 aromatic heterocycles. The van der Waals surface area contributed by atoms with E-state index < -0.39 is 0 Å². The van der Waals surface area contributed by atoms with Crippen molar-refractivity contribution in [2.45, 2.75) is 20.4 Å². The van der Waals surface area contributed by atoms with Gasteiger partial charge < -0.3 is 5.32 Å². The highest BCUT2D eigenvalue weighted by Gasteiger charge is 2.13. The lowest BCUT2D eigenvalue weighted by atomic mass is 10.1. The molecule has 0 aliphatic rings. The summed E-state index contributed by atoms with van der Waals surface area (Å²) in [7, 11) is 0. The predicted octanol–water partition coefficient (Wildman–Crippen LogP) is 5.24. The number of benzene rings is 2. The summed E-state index contributed by atoms with van der Waals surface area (Å²) in [5.74, 6) is 0. The molecule has 2 rings (SSSR count). The van der Waals surface area contributed by atoms with Gasteiger partial charge in [0.25, 0.3) is 5.69 Å². The quantitative estimate of drug-likeness (QED) is 0.592. The summed E-state index contributed by atoms with van der Waals surface area (Å²) in [6, 6.07) is 8.92. The number of hydrogen-bond donors (Lipinski definition) is 1. The normalized spacial score (nSPS) is 10.5. The molecule has 2 aromatic rings. The minimum Gasteiger partial charge on any atom is -0.381 e. The highest BCUT2D eigenvalue weighted by atomic mass is 79.9. The molecule has 0 fully saturated rings. The molecule has 2 aromatic carbocycles. The summed E-state index contributed by atoms with van der Waals surface area (Å²) in [6.45, 7) is 4.19. The van der Waals surface area contributed by atoms with Gasteiger partial charge in [0.1, 0.15) is 0 Å². The molecule has 0 heterocycles. The fourth-order valence-electron chi connectivity index (χ4n) is 2.10. The van der Waals surface area contributed by atoms with Crippen molar-refractivity contribution in [2.75, 3.05) is 5.32 Å². The molecule has 0 spiro atoms. The van der Waals surface area contributed by atoms with Crippen LogP contribution < -0.4 is 5.32 Å². The third-order valence-corrected chi connectivity index (χ3v) is 4.23. The summed E-state index contributed by atoms with van der Waals surface area (Å²) in [5, 5.41) is 14.9. The van der Waals surface area contributed by atoms with Crippen LogP contribution in [0, 0.1) is 24.0 Å². The number of rotatable bonds is 4. The molecule has 0 radical (unpaired) electrons. The Hall–Kier alpha value is -1.59. The van der Waals surface area contributed by atoms with Crippen LogP contribution in [0.4, 0.5) is 11.4 Å². The topological polar surface area (TPSA) is 55.2 Å². The third kappa shape index (κ3) is 3.74. The van der Waals surface area contributed by atoms with Crippen LogP contribution in [0.3, 0.4) is 0 Å². The number of anilines is 1. The summed E-state index contributed by atoms with van der Waals surface area (Å²) in [5.41, 5.74) is 3.49. The molecule has 0 saturated carbocycles. The van der Waals surface area contributed by atoms with Crippen molar-refractivity contribution in [2.24, 2.45) is 0 Å². The summed E-state index contributed by atoms with van der Waals surface area (Å²) >= 11 is 9.44. The maximum Gasteiger partial charge on any atom is 0.274 e. The predicted molar refractivity (Wildman–Crippen MR) is 89.0 cm³/mol. The van der Waals surface area contributed by atoms with Crippen LogP contribution in [0.25, 0.3) is 0 Å². The number of nitrogens with one attached hydrogen (secondary N) is 1. The SMILES string of the molecule is Cc1cc(C)c([N+](=O)[O-])cc1NCc1cc(Cl)ccc1Br. The maximum absolute atomic E-state index is 11.0. The van der Waals surface area contributed by atoms with E-state index in [1.807, 2.05) is 25.1 Å². The van der Waals surface area contributed by atoms with Gasteiger partial charge in [0, 0.05) is 33.4 Å². The van der Waals surface area contributed by atoms with Gasteiger partial charge in [-0.3, -0.25) is 10.1 Å². The van der Waals surface area contributed by atoms with E-state index in [4.69, 9.17) is 11.6 Å². The second kappa shape index (κ2) is 6.45. The summed E-state index contributed by atoms with van der Waals surface area (Å²) < 4.78 is 0.943. The fourth-order valence-corrected chi connectivity index (χ4v) is 2.68. The number of nitrogens with zero attached hydrogens (tertiary/aromatic N) is 1. The van der Waals surface area contributed by atoms with E-state index >= 15 is 0 Å². The standard InChI is InChI=1S/C15H14BrClN2O2/c1-9-5-10(2)15(19(20)21)7-14(9)18-8-11-6-12(17)3-4-13(11)16/h3-7,18H,8H2,1-2H3. The van der Waals surface area contributed by atoms with Crippen LogP contribution in [0.15, 0.2) is 34.8 Å². The molecule has 4 nitrogen and oxygen atoms in total. The maximum atomic E-state index is 11.0. The monoisotopic (exact) mass is 368 g/mol. The summed E-state index contributed by atoms with van der Waals surface area (Å²) in [6.07, 6.45) is 0. The molecule has 0 saturated heterocycles. The Kier molecular flexibility index (Phi) is 4.85. The van der Waals surface area contributed by atoms with Crippen molar-refractivity contribution in [3.8, 4) is 0 Å². The van der Waals surface area contributed by atoms with Crippen molar-refractivity contribution >= 4 is 38.9 Å². The lowest BCUT2D eigenvalue weighted by molar-refractivity contribution is -0.385. The molecule has 110 valence electrons. The van der Waals surface area contributed by atoms with Crippen LogP contribution >= 0.6 is 27.5 Å². The van der Waals surface area contributed by atoms with Gasteiger partial charge in [0.05, 0.1) is 4.92 Å². The number of nitro benzene ring substituents is 1. The van der Waals surface area contributed by atoms with Gasteiger partial charge >= 0.3 is 0 Å². The molecule has 0 aliphatic carbocycles. The second-order valence-corrected chi connectivity index (χ2v) is 6.09. The highest BCUT2D eigenvalue weighted by molar-refractivity contribution is 9.10. The van der Waals surface area contributed by atoms with Crippen LogP contribution in [0.1, 0.15) is 16.7 Å². The van der Waals surface area contributed by atoms with Crippen molar-refractivity contribution in [1.29, 1.82) is 0 Å². The van der Waals surface area contributed by atoms with Crippen molar-refractivity contribution in [3.05, 3.63) is 66.6 Å². The molecule has 0 amide bonds. The van der Waals surface area contributed by atoms with Crippen molar-refractivity contribution < 1.29 is 4.92 Å².